The predicted octanol–water partition coefficient (Wildman–Crippen LogP) is 2.73. The van der Waals surface area contributed by atoms with Gasteiger partial charge in [-0.3, -0.25) is 0 Å². The Balaban J connectivity index is 2.07. The molecule has 0 saturated carbocycles. The molecule has 0 atom stereocenters. The SMILES string of the molecule is CNCc1cn2nc(-c3ccc(C)cc3C)ccc2n1. The summed E-state index contributed by atoms with van der Waals surface area (Å²) in [7, 11) is 1.92. The molecule has 0 fully saturated rings. The van der Waals surface area contributed by atoms with Gasteiger partial charge in [0.25, 0.3) is 0 Å². The number of benzene rings is 1. The van der Waals surface area contributed by atoms with Gasteiger partial charge in [-0.2, -0.15) is 5.10 Å². The van der Waals surface area contributed by atoms with E-state index in [1.54, 1.807) is 0 Å². The van der Waals surface area contributed by atoms with Crippen LogP contribution in [0.1, 0.15) is 16.8 Å². The highest BCUT2D eigenvalue weighted by Crippen LogP contribution is 2.22. The second-order valence-electron chi connectivity index (χ2n) is 5.10. The smallest absolute Gasteiger partial charge is 0.153 e. The molecule has 0 unspecified atom stereocenters. The number of fused-ring (bicyclic) bond motifs is 1. The molecule has 0 spiro atoms. The van der Waals surface area contributed by atoms with Crippen molar-refractivity contribution in [3.8, 4) is 11.3 Å². The number of aryl methyl sites for hydroxylation is 2. The summed E-state index contributed by atoms with van der Waals surface area (Å²) in [5.41, 5.74) is 6.53. The van der Waals surface area contributed by atoms with Gasteiger partial charge in [-0.25, -0.2) is 9.50 Å². The zero-order chi connectivity index (χ0) is 14.1. The first kappa shape index (κ1) is 12.8. The molecular weight excluding hydrogens is 248 g/mol. The maximum Gasteiger partial charge on any atom is 0.153 e. The van der Waals surface area contributed by atoms with Crippen LogP contribution in [0.15, 0.2) is 36.5 Å². The molecule has 1 N–H and O–H groups in total. The van der Waals surface area contributed by atoms with Gasteiger partial charge < -0.3 is 5.32 Å². The first-order valence-electron chi connectivity index (χ1n) is 6.75. The molecule has 0 aliphatic heterocycles. The van der Waals surface area contributed by atoms with Crippen molar-refractivity contribution in [2.75, 3.05) is 7.05 Å². The first-order valence-corrected chi connectivity index (χ1v) is 6.75. The van der Waals surface area contributed by atoms with Gasteiger partial charge in [-0.05, 0) is 38.6 Å². The summed E-state index contributed by atoms with van der Waals surface area (Å²) in [5.74, 6) is 0. The van der Waals surface area contributed by atoms with Crippen LogP contribution in [0, 0.1) is 13.8 Å². The summed E-state index contributed by atoms with van der Waals surface area (Å²) in [6, 6.07) is 10.5. The summed E-state index contributed by atoms with van der Waals surface area (Å²) in [6.45, 7) is 4.98. The molecule has 3 rings (SSSR count). The third kappa shape index (κ3) is 2.30. The summed E-state index contributed by atoms with van der Waals surface area (Å²) in [5, 5.41) is 7.77. The fourth-order valence-corrected chi connectivity index (χ4v) is 2.44. The summed E-state index contributed by atoms with van der Waals surface area (Å²) >= 11 is 0. The standard InChI is InChI=1S/C16H18N4/c1-11-4-5-14(12(2)8-11)15-6-7-16-18-13(9-17-3)10-20(16)19-15/h4-8,10,17H,9H2,1-3H3. The molecule has 4 heteroatoms. The van der Waals surface area contributed by atoms with Gasteiger partial charge in [0.2, 0.25) is 0 Å². The highest BCUT2D eigenvalue weighted by molar-refractivity contribution is 5.64. The quantitative estimate of drug-likeness (QED) is 0.792. The lowest BCUT2D eigenvalue weighted by atomic mass is 10.0. The van der Waals surface area contributed by atoms with E-state index in [-0.39, 0.29) is 0 Å². The second-order valence-corrected chi connectivity index (χ2v) is 5.10. The average Bonchev–Trinajstić information content (AvgIpc) is 2.80. The minimum absolute atomic E-state index is 0.752. The number of hydrogen-bond acceptors (Lipinski definition) is 3. The van der Waals surface area contributed by atoms with Gasteiger partial charge in [0, 0.05) is 12.1 Å². The molecule has 2 heterocycles. The predicted molar refractivity (Wildman–Crippen MR) is 80.7 cm³/mol. The lowest BCUT2D eigenvalue weighted by Gasteiger charge is -2.06. The maximum atomic E-state index is 4.67. The molecule has 0 bridgehead atoms. The molecule has 20 heavy (non-hydrogen) atoms. The van der Waals surface area contributed by atoms with Crippen molar-refractivity contribution >= 4 is 5.65 Å². The van der Waals surface area contributed by atoms with Gasteiger partial charge in [-0.1, -0.05) is 23.8 Å². The van der Waals surface area contributed by atoms with E-state index in [4.69, 9.17) is 0 Å². The zero-order valence-corrected chi connectivity index (χ0v) is 12.0. The minimum Gasteiger partial charge on any atom is -0.314 e. The van der Waals surface area contributed by atoms with Gasteiger partial charge >= 0.3 is 0 Å². The van der Waals surface area contributed by atoms with E-state index >= 15 is 0 Å². The van der Waals surface area contributed by atoms with Gasteiger partial charge in [0.05, 0.1) is 17.6 Å². The Labute approximate surface area is 118 Å². The Morgan fingerprint density at radius 1 is 1.15 bits per heavy atom. The van der Waals surface area contributed by atoms with E-state index in [0.29, 0.717) is 0 Å². The Kier molecular flexibility index (Phi) is 3.24. The summed E-state index contributed by atoms with van der Waals surface area (Å²) in [6.07, 6.45) is 1.97. The van der Waals surface area contributed by atoms with Crippen molar-refractivity contribution in [1.29, 1.82) is 0 Å². The van der Waals surface area contributed by atoms with E-state index in [0.717, 1.165) is 23.6 Å². The summed E-state index contributed by atoms with van der Waals surface area (Å²) in [4.78, 5) is 4.51. The van der Waals surface area contributed by atoms with Crippen LogP contribution in [0.4, 0.5) is 0 Å². The highest BCUT2D eigenvalue weighted by Gasteiger charge is 2.07. The molecule has 0 aliphatic carbocycles. The van der Waals surface area contributed by atoms with E-state index in [9.17, 15) is 0 Å². The van der Waals surface area contributed by atoms with Gasteiger partial charge in [0.1, 0.15) is 0 Å². The van der Waals surface area contributed by atoms with Crippen molar-refractivity contribution in [3.63, 3.8) is 0 Å². The van der Waals surface area contributed by atoms with Crippen LogP contribution in [0.3, 0.4) is 0 Å². The fraction of sp³-hybridized carbons (Fsp3) is 0.250. The molecule has 0 saturated heterocycles. The van der Waals surface area contributed by atoms with Crippen molar-refractivity contribution in [2.45, 2.75) is 20.4 Å². The molecule has 3 aromatic rings. The van der Waals surface area contributed by atoms with Crippen molar-refractivity contribution in [3.05, 3.63) is 53.3 Å². The molecule has 4 nitrogen and oxygen atoms in total. The normalized spacial score (nSPS) is 11.2. The second kappa shape index (κ2) is 5.06. The molecule has 0 aliphatic rings. The van der Waals surface area contributed by atoms with Crippen LogP contribution in [-0.2, 0) is 6.54 Å². The molecule has 0 amide bonds. The van der Waals surface area contributed by atoms with Gasteiger partial charge in [-0.15, -0.1) is 0 Å². The number of imidazole rings is 1. The van der Waals surface area contributed by atoms with Crippen LogP contribution in [0.25, 0.3) is 16.9 Å². The van der Waals surface area contributed by atoms with Crippen LogP contribution in [-0.4, -0.2) is 21.6 Å². The Bertz CT molecular complexity index is 758. The maximum absolute atomic E-state index is 4.67. The highest BCUT2D eigenvalue weighted by atomic mass is 15.2. The molecule has 2 aromatic heterocycles. The lowest BCUT2D eigenvalue weighted by molar-refractivity contribution is 0.796. The molecule has 1 aromatic carbocycles. The number of hydrogen-bond donors (Lipinski definition) is 1. The largest absolute Gasteiger partial charge is 0.314 e. The van der Waals surface area contributed by atoms with Gasteiger partial charge in [0.15, 0.2) is 5.65 Å². The lowest BCUT2D eigenvalue weighted by Crippen LogP contribution is -2.04. The van der Waals surface area contributed by atoms with Crippen molar-refractivity contribution in [1.82, 2.24) is 19.9 Å². The van der Waals surface area contributed by atoms with E-state index in [1.165, 1.54) is 16.7 Å². The van der Waals surface area contributed by atoms with Crippen LogP contribution >= 0.6 is 0 Å². The topological polar surface area (TPSA) is 42.2 Å². The number of nitrogens with zero attached hydrogens (tertiary/aromatic N) is 3. The first-order chi connectivity index (χ1) is 9.67. The number of nitrogens with one attached hydrogen (secondary N) is 1. The van der Waals surface area contributed by atoms with Crippen LogP contribution in [0.5, 0.6) is 0 Å². The van der Waals surface area contributed by atoms with E-state index < -0.39 is 0 Å². The Hall–Kier alpha value is -2.20. The Morgan fingerprint density at radius 2 is 2.00 bits per heavy atom. The van der Waals surface area contributed by atoms with Crippen LogP contribution < -0.4 is 5.32 Å². The average molecular weight is 266 g/mol. The monoisotopic (exact) mass is 266 g/mol. The molecular formula is C16H18N4. The van der Waals surface area contributed by atoms with Crippen molar-refractivity contribution < 1.29 is 0 Å². The minimum atomic E-state index is 0.752. The fourth-order valence-electron chi connectivity index (χ4n) is 2.44. The molecule has 0 radical (unpaired) electrons. The van der Waals surface area contributed by atoms with E-state index in [1.807, 2.05) is 29.9 Å². The Morgan fingerprint density at radius 3 is 2.75 bits per heavy atom. The number of aromatic nitrogens is 3. The third-order valence-electron chi connectivity index (χ3n) is 3.39. The van der Waals surface area contributed by atoms with Crippen LogP contribution in [0.2, 0.25) is 0 Å². The number of rotatable bonds is 3. The van der Waals surface area contributed by atoms with E-state index in [2.05, 4.69) is 47.4 Å². The zero-order valence-electron chi connectivity index (χ0n) is 12.0. The third-order valence-corrected chi connectivity index (χ3v) is 3.39. The molecule has 102 valence electrons. The summed E-state index contributed by atoms with van der Waals surface area (Å²) < 4.78 is 1.85. The van der Waals surface area contributed by atoms with Crippen molar-refractivity contribution in [2.24, 2.45) is 0 Å².